The Morgan fingerprint density at radius 1 is 1.32 bits per heavy atom. The van der Waals surface area contributed by atoms with Gasteiger partial charge in [0.05, 0.1) is 11.7 Å². The zero-order valence-electron chi connectivity index (χ0n) is 11.3. The predicted octanol–water partition coefficient (Wildman–Crippen LogP) is 2.38. The second kappa shape index (κ2) is 6.43. The van der Waals surface area contributed by atoms with Gasteiger partial charge < -0.3 is 5.32 Å². The van der Waals surface area contributed by atoms with Crippen LogP contribution in [0.2, 0.25) is 0 Å². The Morgan fingerprint density at radius 3 is 2.42 bits per heavy atom. The van der Waals surface area contributed by atoms with Crippen LogP contribution in [-0.2, 0) is 9.84 Å². The largest absolute Gasteiger partial charge is 0.391 e. The molecule has 19 heavy (non-hydrogen) atoms. The van der Waals surface area contributed by atoms with E-state index in [4.69, 9.17) is 0 Å². The lowest BCUT2D eigenvalue weighted by molar-refractivity contribution is -0.186. The molecule has 0 aromatic rings. The molecule has 3 unspecified atom stereocenters. The van der Waals surface area contributed by atoms with E-state index in [1.54, 1.807) is 7.05 Å². The topological polar surface area (TPSA) is 46.2 Å². The first-order valence-corrected chi connectivity index (χ1v) is 8.61. The van der Waals surface area contributed by atoms with Crippen molar-refractivity contribution >= 4 is 9.84 Å². The van der Waals surface area contributed by atoms with Crippen molar-refractivity contribution in [1.82, 2.24) is 5.32 Å². The van der Waals surface area contributed by atoms with E-state index in [1.165, 1.54) is 0 Å². The minimum Gasteiger partial charge on any atom is -0.317 e. The fraction of sp³-hybridized carbons (Fsp3) is 1.00. The van der Waals surface area contributed by atoms with E-state index in [1.807, 2.05) is 0 Å². The van der Waals surface area contributed by atoms with Gasteiger partial charge in [-0.05, 0) is 38.6 Å². The standard InChI is InChI=1S/C12H22F3NO2S/c1-16-11(6-7-19(2,17)18)9-4-3-5-10(8-9)12(13,14)15/h9-11,16H,3-8H2,1-2H3. The lowest BCUT2D eigenvalue weighted by atomic mass is 9.77. The maximum Gasteiger partial charge on any atom is 0.391 e. The molecule has 0 aromatic carbocycles. The average molecular weight is 301 g/mol. The van der Waals surface area contributed by atoms with Crippen LogP contribution >= 0.6 is 0 Å². The Bertz CT molecular complexity index is 381. The van der Waals surface area contributed by atoms with Gasteiger partial charge in [-0.25, -0.2) is 8.42 Å². The van der Waals surface area contributed by atoms with Gasteiger partial charge in [0.25, 0.3) is 0 Å². The molecule has 1 fully saturated rings. The number of sulfone groups is 1. The number of halogens is 3. The molecule has 0 radical (unpaired) electrons. The first-order chi connectivity index (χ1) is 8.63. The van der Waals surface area contributed by atoms with Crippen molar-refractivity contribution in [1.29, 1.82) is 0 Å². The van der Waals surface area contributed by atoms with Crippen LogP contribution in [0.4, 0.5) is 13.2 Å². The molecule has 114 valence electrons. The molecule has 0 aromatic heterocycles. The number of nitrogens with one attached hydrogen (secondary N) is 1. The molecular weight excluding hydrogens is 279 g/mol. The van der Waals surface area contributed by atoms with Crippen molar-refractivity contribution in [2.45, 2.75) is 44.3 Å². The van der Waals surface area contributed by atoms with E-state index >= 15 is 0 Å². The highest BCUT2D eigenvalue weighted by atomic mass is 32.2. The van der Waals surface area contributed by atoms with Crippen LogP contribution in [-0.4, -0.2) is 39.7 Å². The number of rotatable bonds is 5. The van der Waals surface area contributed by atoms with Gasteiger partial charge in [0.15, 0.2) is 0 Å². The van der Waals surface area contributed by atoms with Crippen molar-refractivity contribution < 1.29 is 21.6 Å². The SMILES string of the molecule is CNC(CCS(C)(=O)=O)C1CCCC(C(F)(F)F)C1. The summed E-state index contributed by atoms with van der Waals surface area (Å²) in [6.45, 7) is 0. The van der Waals surface area contributed by atoms with Crippen molar-refractivity contribution in [3.8, 4) is 0 Å². The second-order valence-electron chi connectivity index (χ2n) is 5.48. The summed E-state index contributed by atoms with van der Waals surface area (Å²) in [5.74, 6) is -1.31. The van der Waals surface area contributed by atoms with Gasteiger partial charge in [-0.15, -0.1) is 0 Å². The summed E-state index contributed by atoms with van der Waals surface area (Å²) in [6.07, 6.45) is -0.994. The first-order valence-electron chi connectivity index (χ1n) is 6.55. The molecule has 0 aliphatic heterocycles. The van der Waals surface area contributed by atoms with Crippen molar-refractivity contribution in [3.05, 3.63) is 0 Å². The van der Waals surface area contributed by atoms with E-state index in [0.717, 1.165) is 12.7 Å². The molecule has 1 saturated carbocycles. The van der Waals surface area contributed by atoms with Gasteiger partial charge in [-0.1, -0.05) is 6.42 Å². The van der Waals surface area contributed by atoms with Gasteiger partial charge >= 0.3 is 6.18 Å². The van der Waals surface area contributed by atoms with E-state index in [0.29, 0.717) is 12.8 Å². The van der Waals surface area contributed by atoms with E-state index < -0.39 is 21.9 Å². The van der Waals surface area contributed by atoms with Crippen LogP contribution in [0.3, 0.4) is 0 Å². The van der Waals surface area contributed by atoms with Crippen molar-refractivity contribution in [2.75, 3.05) is 19.1 Å². The summed E-state index contributed by atoms with van der Waals surface area (Å²) >= 11 is 0. The number of hydrogen-bond acceptors (Lipinski definition) is 3. The molecular formula is C12H22F3NO2S. The monoisotopic (exact) mass is 301 g/mol. The molecule has 0 spiro atoms. The molecule has 0 saturated heterocycles. The average Bonchev–Trinajstić information content (AvgIpc) is 2.27. The van der Waals surface area contributed by atoms with E-state index in [9.17, 15) is 21.6 Å². The predicted molar refractivity (Wildman–Crippen MR) is 68.7 cm³/mol. The third kappa shape index (κ3) is 5.69. The Labute approximate surface area is 112 Å². The van der Waals surface area contributed by atoms with E-state index in [-0.39, 0.29) is 30.6 Å². The fourth-order valence-electron chi connectivity index (χ4n) is 2.85. The van der Waals surface area contributed by atoms with Gasteiger partial charge in [-0.3, -0.25) is 0 Å². The first kappa shape index (κ1) is 16.8. The highest BCUT2D eigenvalue weighted by molar-refractivity contribution is 7.90. The molecule has 1 aliphatic carbocycles. The normalized spacial score (nSPS) is 27.2. The maximum absolute atomic E-state index is 12.7. The lowest BCUT2D eigenvalue weighted by Gasteiger charge is -2.35. The molecule has 3 atom stereocenters. The molecule has 0 amide bonds. The van der Waals surface area contributed by atoms with Gasteiger partial charge in [0.2, 0.25) is 0 Å². The summed E-state index contributed by atoms with van der Waals surface area (Å²) in [6, 6.07) is -0.153. The van der Waals surface area contributed by atoms with Crippen LogP contribution in [0.25, 0.3) is 0 Å². The maximum atomic E-state index is 12.7. The molecule has 1 N–H and O–H groups in total. The van der Waals surface area contributed by atoms with Crippen molar-refractivity contribution in [3.63, 3.8) is 0 Å². The summed E-state index contributed by atoms with van der Waals surface area (Å²) in [4.78, 5) is 0. The minimum atomic E-state index is -4.13. The second-order valence-corrected chi connectivity index (χ2v) is 7.74. The molecule has 0 bridgehead atoms. The quantitative estimate of drug-likeness (QED) is 0.848. The summed E-state index contributed by atoms with van der Waals surface area (Å²) in [5.41, 5.74) is 0. The fourth-order valence-corrected chi connectivity index (χ4v) is 3.53. The van der Waals surface area contributed by atoms with Gasteiger partial charge in [-0.2, -0.15) is 13.2 Å². The number of alkyl halides is 3. The molecule has 3 nitrogen and oxygen atoms in total. The zero-order chi connectivity index (χ0) is 14.7. The summed E-state index contributed by atoms with van der Waals surface area (Å²) < 4.78 is 60.5. The smallest absolute Gasteiger partial charge is 0.317 e. The van der Waals surface area contributed by atoms with Crippen molar-refractivity contribution in [2.24, 2.45) is 11.8 Å². The lowest BCUT2D eigenvalue weighted by Crippen LogP contribution is -2.40. The molecule has 1 aliphatic rings. The molecule has 7 heteroatoms. The Morgan fingerprint density at radius 2 is 1.95 bits per heavy atom. The summed E-state index contributed by atoms with van der Waals surface area (Å²) in [7, 11) is -1.39. The summed E-state index contributed by atoms with van der Waals surface area (Å²) in [5, 5.41) is 2.98. The minimum absolute atomic E-state index is 0.0195. The van der Waals surface area contributed by atoms with Crippen LogP contribution in [0.5, 0.6) is 0 Å². The van der Waals surface area contributed by atoms with Crippen LogP contribution < -0.4 is 5.32 Å². The number of hydrogen-bond donors (Lipinski definition) is 1. The Kier molecular flexibility index (Phi) is 5.67. The Balaban J connectivity index is 2.60. The van der Waals surface area contributed by atoms with Crippen LogP contribution in [0.1, 0.15) is 32.1 Å². The highest BCUT2D eigenvalue weighted by Gasteiger charge is 2.43. The van der Waals surface area contributed by atoms with Gasteiger partial charge in [0.1, 0.15) is 9.84 Å². The third-order valence-corrected chi connectivity index (χ3v) is 4.89. The van der Waals surface area contributed by atoms with Crippen LogP contribution in [0, 0.1) is 11.8 Å². The van der Waals surface area contributed by atoms with E-state index in [2.05, 4.69) is 5.32 Å². The third-order valence-electron chi connectivity index (χ3n) is 3.92. The van der Waals surface area contributed by atoms with Crippen LogP contribution in [0.15, 0.2) is 0 Å². The molecule has 0 heterocycles. The molecule has 1 rings (SSSR count). The highest BCUT2D eigenvalue weighted by Crippen LogP contribution is 2.41. The van der Waals surface area contributed by atoms with Gasteiger partial charge in [0, 0.05) is 12.3 Å². The Hall–Kier alpha value is -0.300. The zero-order valence-corrected chi connectivity index (χ0v) is 12.1.